The zero-order chi connectivity index (χ0) is 12.2. The van der Waals surface area contributed by atoms with Gasteiger partial charge in [0.2, 0.25) is 8.32 Å². The van der Waals surface area contributed by atoms with Gasteiger partial charge in [-0.3, -0.25) is 0 Å². The second-order valence-corrected chi connectivity index (χ2v) is 9.28. The number of rotatable bonds is 4. The molecule has 0 saturated carbocycles. The van der Waals surface area contributed by atoms with E-state index in [1.165, 1.54) is 0 Å². The van der Waals surface area contributed by atoms with Gasteiger partial charge >= 0.3 is 0 Å². The Morgan fingerprint density at radius 2 is 1.88 bits per heavy atom. The molecule has 0 spiro atoms. The molecule has 0 heterocycles. The number of hydrogen-bond acceptors (Lipinski definition) is 2. The van der Waals surface area contributed by atoms with E-state index in [2.05, 4.69) is 31.2 Å². The maximum atomic E-state index is 5.78. The van der Waals surface area contributed by atoms with Gasteiger partial charge in [-0.2, -0.15) is 0 Å². The van der Waals surface area contributed by atoms with Crippen molar-refractivity contribution in [2.24, 2.45) is 4.99 Å². The van der Waals surface area contributed by atoms with Gasteiger partial charge in [-0.05, 0) is 43.9 Å². The summed E-state index contributed by atoms with van der Waals surface area (Å²) in [5, 5.41) is 0.717. The van der Waals surface area contributed by atoms with Crippen molar-refractivity contribution in [3.8, 4) is 0 Å². The van der Waals surface area contributed by atoms with E-state index < -0.39 is 8.32 Å². The Balaban J connectivity index is 2.60. The summed E-state index contributed by atoms with van der Waals surface area (Å²) in [5.41, 5.74) is 0.977. The van der Waals surface area contributed by atoms with E-state index in [1.807, 2.05) is 24.3 Å². The molecule has 0 aliphatic heterocycles. The van der Waals surface area contributed by atoms with Crippen molar-refractivity contribution in [3.05, 3.63) is 47.3 Å². The smallest absolute Gasteiger partial charge is 0.244 e. The van der Waals surface area contributed by atoms with E-state index in [-0.39, 0.29) is 0 Å². The zero-order valence-electron chi connectivity index (χ0n) is 9.83. The van der Waals surface area contributed by atoms with Gasteiger partial charge in [0.15, 0.2) is 5.88 Å². The van der Waals surface area contributed by atoms with Crippen LogP contribution in [0.4, 0.5) is 0 Å². The molecular formula is C12H16ClNOSi. The standard InChI is InChI=1S/C12H16ClNOSi/c1-10(15-16(2,3)4)14-9-11-5-7-12(13)8-6-11/h5-9H,1H2,2-4H3. The van der Waals surface area contributed by atoms with Gasteiger partial charge in [0.1, 0.15) is 0 Å². The Morgan fingerprint density at radius 3 is 2.38 bits per heavy atom. The lowest BCUT2D eigenvalue weighted by Gasteiger charge is -2.17. The van der Waals surface area contributed by atoms with Crippen molar-refractivity contribution < 1.29 is 4.43 Å². The van der Waals surface area contributed by atoms with Gasteiger partial charge in [0.05, 0.1) is 0 Å². The first-order valence-corrected chi connectivity index (χ1v) is 8.83. The fourth-order valence-corrected chi connectivity index (χ4v) is 1.96. The fourth-order valence-electron chi connectivity index (χ4n) is 1.08. The van der Waals surface area contributed by atoms with Crippen molar-refractivity contribution >= 4 is 26.1 Å². The molecule has 0 radical (unpaired) electrons. The van der Waals surface area contributed by atoms with Gasteiger partial charge < -0.3 is 4.43 Å². The van der Waals surface area contributed by atoms with Crippen molar-refractivity contribution in [1.82, 2.24) is 0 Å². The maximum absolute atomic E-state index is 5.78. The number of benzene rings is 1. The van der Waals surface area contributed by atoms with Crippen LogP contribution in [0.25, 0.3) is 0 Å². The molecule has 0 aromatic heterocycles. The molecule has 0 aliphatic carbocycles. The van der Waals surface area contributed by atoms with Gasteiger partial charge in [-0.15, -0.1) is 0 Å². The quantitative estimate of drug-likeness (QED) is 0.450. The predicted octanol–water partition coefficient (Wildman–Crippen LogP) is 4.08. The topological polar surface area (TPSA) is 21.6 Å². The van der Waals surface area contributed by atoms with Crippen LogP contribution in [0.3, 0.4) is 0 Å². The third-order valence-electron chi connectivity index (χ3n) is 1.65. The molecule has 1 rings (SSSR count). The largest absolute Gasteiger partial charge is 0.532 e. The normalized spacial score (nSPS) is 11.8. The molecule has 2 nitrogen and oxygen atoms in total. The molecule has 0 unspecified atom stereocenters. The summed E-state index contributed by atoms with van der Waals surface area (Å²) in [4.78, 5) is 4.16. The van der Waals surface area contributed by atoms with Crippen molar-refractivity contribution in [3.63, 3.8) is 0 Å². The lowest BCUT2D eigenvalue weighted by atomic mass is 10.2. The summed E-state index contributed by atoms with van der Waals surface area (Å²) >= 11 is 5.78. The van der Waals surface area contributed by atoms with E-state index in [1.54, 1.807) is 6.21 Å². The minimum atomic E-state index is -1.60. The summed E-state index contributed by atoms with van der Waals surface area (Å²) in [5.74, 6) is 0.467. The lowest BCUT2D eigenvalue weighted by molar-refractivity contribution is 0.421. The molecule has 0 amide bonds. The third-order valence-corrected chi connectivity index (χ3v) is 2.75. The molecule has 1 aromatic carbocycles. The summed E-state index contributed by atoms with van der Waals surface area (Å²) in [7, 11) is -1.60. The molecule has 0 fully saturated rings. The average Bonchev–Trinajstić information content (AvgIpc) is 2.14. The second-order valence-electron chi connectivity index (χ2n) is 4.42. The number of aliphatic imine (C=N–C) groups is 1. The van der Waals surface area contributed by atoms with E-state index in [0.29, 0.717) is 10.9 Å². The zero-order valence-corrected chi connectivity index (χ0v) is 11.6. The van der Waals surface area contributed by atoms with Crippen LogP contribution in [0.15, 0.2) is 41.7 Å². The molecule has 0 N–H and O–H groups in total. The Bertz CT molecular complexity index is 392. The molecule has 16 heavy (non-hydrogen) atoms. The van der Waals surface area contributed by atoms with Crippen molar-refractivity contribution in [1.29, 1.82) is 0 Å². The molecule has 0 atom stereocenters. The first-order chi connectivity index (χ1) is 7.37. The number of hydrogen-bond donors (Lipinski definition) is 0. The van der Waals surface area contributed by atoms with Gasteiger partial charge in [-0.25, -0.2) is 4.99 Å². The van der Waals surface area contributed by atoms with E-state index in [9.17, 15) is 0 Å². The third kappa shape index (κ3) is 5.14. The van der Waals surface area contributed by atoms with Crippen LogP contribution >= 0.6 is 11.6 Å². The summed E-state index contributed by atoms with van der Waals surface area (Å²) in [6.07, 6.45) is 1.72. The molecule has 0 aliphatic rings. The van der Waals surface area contributed by atoms with Crippen LogP contribution in [0, 0.1) is 0 Å². The molecule has 0 bridgehead atoms. The minimum Gasteiger partial charge on any atom is -0.532 e. The van der Waals surface area contributed by atoms with Crippen LogP contribution in [0.1, 0.15) is 5.56 Å². The van der Waals surface area contributed by atoms with E-state index in [4.69, 9.17) is 16.0 Å². The molecule has 0 saturated heterocycles. The number of nitrogens with zero attached hydrogens (tertiary/aromatic N) is 1. The second kappa shape index (κ2) is 5.32. The van der Waals surface area contributed by atoms with Crippen LogP contribution in [-0.4, -0.2) is 14.5 Å². The monoisotopic (exact) mass is 253 g/mol. The molecular weight excluding hydrogens is 238 g/mol. The highest BCUT2D eigenvalue weighted by Gasteiger charge is 2.15. The fraction of sp³-hybridized carbons (Fsp3) is 0.250. The summed E-state index contributed by atoms with van der Waals surface area (Å²) in [6.45, 7) is 10.0. The Kier molecular flexibility index (Phi) is 4.32. The number of halogens is 1. The van der Waals surface area contributed by atoms with Crippen molar-refractivity contribution in [2.75, 3.05) is 0 Å². The lowest BCUT2D eigenvalue weighted by Crippen LogP contribution is -2.24. The maximum Gasteiger partial charge on any atom is 0.244 e. The summed E-state index contributed by atoms with van der Waals surface area (Å²) in [6, 6.07) is 7.44. The molecule has 4 heteroatoms. The van der Waals surface area contributed by atoms with E-state index >= 15 is 0 Å². The van der Waals surface area contributed by atoms with Crippen LogP contribution in [-0.2, 0) is 4.43 Å². The van der Waals surface area contributed by atoms with Crippen molar-refractivity contribution in [2.45, 2.75) is 19.6 Å². The van der Waals surface area contributed by atoms with Gasteiger partial charge in [0.25, 0.3) is 0 Å². The minimum absolute atomic E-state index is 0.467. The van der Waals surface area contributed by atoms with Crippen LogP contribution < -0.4 is 0 Å². The Hall–Kier alpha value is -1.06. The van der Waals surface area contributed by atoms with Crippen LogP contribution in [0.5, 0.6) is 0 Å². The highest BCUT2D eigenvalue weighted by Crippen LogP contribution is 2.11. The average molecular weight is 254 g/mol. The molecule has 1 aromatic rings. The Morgan fingerprint density at radius 1 is 1.31 bits per heavy atom. The summed E-state index contributed by atoms with van der Waals surface area (Å²) < 4.78 is 5.60. The van der Waals surface area contributed by atoms with Gasteiger partial charge in [0, 0.05) is 11.2 Å². The van der Waals surface area contributed by atoms with E-state index in [0.717, 1.165) is 5.56 Å². The highest BCUT2D eigenvalue weighted by atomic mass is 35.5. The first kappa shape index (κ1) is 13.0. The van der Waals surface area contributed by atoms with Crippen LogP contribution in [0.2, 0.25) is 24.7 Å². The first-order valence-electron chi connectivity index (χ1n) is 5.04. The highest BCUT2D eigenvalue weighted by molar-refractivity contribution is 6.70. The molecule has 86 valence electrons. The van der Waals surface area contributed by atoms with Gasteiger partial charge in [-0.1, -0.05) is 23.7 Å². The Labute approximate surface area is 103 Å². The SMILES string of the molecule is C=C(N=Cc1ccc(Cl)cc1)O[Si](C)(C)C. The predicted molar refractivity (Wildman–Crippen MR) is 72.6 cm³/mol.